The molecule has 0 saturated carbocycles. The molecule has 1 atom stereocenters. The Bertz CT molecular complexity index is 779. The average molecular weight is 384 g/mol. The molecule has 0 spiro atoms. The third-order valence-corrected chi connectivity index (χ3v) is 4.11. The Morgan fingerprint density at radius 2 is 1.85 bits per heavy atom. The number of benzene rings is 1. The third kappa shape index (κ3) is 5.96. The van der Waals surface area contributed by atoms with Crippen molar-refractivity contribution >= 4 is 6.15 Å². The van der Waals surface area contributed by atoms with Gasteiger partial charge in [-0.05, 0) is 30.5 Å². The van der Waals surface area contributed by atoms with E-state index in [2.05, 4.69) is 4.98 Å². The van der Waals surface area contributed by atoms with Crippen LogP contribution in [0, 0.1) is 5.92 Å². The molecule has 27 heavy (non-hydrogen) atoms. The number of carbonyl (C=O) groups excluding carboxylic acids is 2. The topological polar surface area (TPSA) is 61.2 Å². The number of methoxy groups -OCH3 is 1. The predicted octanol–water partition coefficient (Wildman–Crippen LogP) is 4.16. The van der Waals surface area contributed by atoms with Gasteiger partial charge in [-0.15, -0.1) is 0 Å². The highest BCUT2D eigenvalue weighted by Gasteiger charge is 2.35. The van der Waals surface area contributed by atoms with Crippen molar-refractivity contribution in [3.05, 3.63) is 41.5 Å². The van der Waals surface area contributed by atoms with Crippen molar-refractivity contribution in [2.45, 2.75) is 46.2 Å². The normalized spacial score (nSPS) is 12.0. The minimum Gasteiger partial charge on any atom is -0.495 e. The summed E-state index contributed by atoms with van der Waals surface area (Å²) in [6.45, 7) is 5.24. The fourth-order valence-electron chi connectivity index (χ4n) is 2.62. The first-order valence-corrected chi connectivity index (χ1v) is 8.52. The number of nitrogens with zero attached hydrogens (tertiary/aromatic N) is 2. The number of ether oxygens (including phenoxy) is 1. The Morgan fingerprint density at radius 3 is 2.33 bits per heavy atom. The summed E-state index contributed by atoms with van der Waals surface area (Å²) >= 11 is 0. The van der Waals surface area contributed by atoms with Crippen LogP contribution in [-0.2, 0) is 28.9 Å². The number of aryl methyl sites for hydroxylation is 2. The average Bonchev–Trinajstić information content (AvgIpc) is 3.04. The van der Waals surface area contributed by atoms with Crippen molar-refractivity contribution in [1.82, 2.24) is 9.55 Å². The van der Waals surface area contributed by atoms with Gasteiger partial charge >= 0.3 is 12.3 Å². The highest BCUT2D eigenvalue weighted by molar-refractivity contribution is 5.50. The molecule has 5 nitrogen and oxygen atoms in total. The number of aromatic nitrogens is 2. The van der Waals surface area contributed by atoms with Crippen molar-refractivity contribution in [2.24, 2.45) is 5.92 Å². The summed E-state index contributed by atoms with van der Waals surface area (Å²) in [6, 6.07) is 5.21. The molecule has 1 heterocycles. The van der Waals surface area contributed by atoms with Crippen LogP contribution in [0.5, 0.6) is 5.75 Å². The Kier molecular flexibility index (Phi) is 8.25. The maximum Gasteiger partial charge on any atom is 0.391 e. The Balaban J connectivity index is 0.00000114. The first-order valence-electron chi connectivity index (χ1n) is 8.52. The van der Waals surface area contributed by atoms with Gasteiger partial charge in [0.25, 0.3) is 0 Å². The van der Waals surface area contributed by atoms with Crippen molar-refractivity contribution in [3.63, 3.8) is 0 Å². The van der Waals surface area contributed by atoms with Gasteiger partial charge in [0.15, 0.2) is 0 Å². The molecular weight excluding hydrogens is 361 g/mol. The summed E-state index contributed by atoms with van der Waals surface area (Å²) in [5.41, 5.74) is 2.38. The van der Waals surface area contributed by atoms with Crippen LogP contribution in [0.1, 0.15) is 37.9 Å². The molecule has 1 aromatic heterocycles. The fraction of sp³-hybridized carbons (Fsp3) is 0.474. The second kappa shape index (κ2) is 9.92. The molecule has 0 aliphatic heterocycles. The van der Waals surface area contributed by atoms with E-state index in [1.54, 1.807) is 18.2 Å². The van der Waals surface area contributed by atoms with E-state index in [0.717, 1.165) is 30.0 Å². The molecule has 0 amide bonds. The summed E-state index contributed by atoms with van der Waals surface area (Å²) < 4.78 is 45.6. The van der Waals surface area contributed by atoms with E-state index >= 15 is 0 Å². The largest absolute Gasteiger partial charge is 0.495 e. The van der Waals surface area contributed by atoms with Crippen LogP contribution < -0.4 is 4.74 Å². The molecule has 0 radical (unpaired) electrons. The van der Waals surface area contributed by atoms with Gasteiger partial charge in [-0.1, -0.05) is 26.8 Å². The van der Waals surface area contributed by atoms with Gasteiger partial charge in [0.2, 0.25) is 0 Å². The summed E-state index contributed by atoms with van der Waals surface area (Å²) in [4.78, 5) is 20.8. The number of alkyl halides is 3. The van der Waals surface area contributed by atoms with E-state index < -0.39 is 12.1 Å². The molecule has 0 aliphatic rings. The van der Waals surface area contributed by atoms with E-state index in [4.69, 9.17) is 14.3 Å². The second-order valence-corrected chi connectivity index (χ2v) is 5.96. The van der Waals surface area contributed by atoms with Gasteiger partial charge in [0, 0.05) is 12.6 Å². The van der Waals surface area contributed by atoms with Crippen molar-refractivity contribution in [3.8, 4) is 11.4 Å². The van der Waals surface area contributed by atoms with Crippen LogP contribution in [0.4, 0.5) is 13.2 Å². The molecule has 0 saturated heterocycles. The van der Waals surface area contributed by atoms with Crippen molar-refractivity contribution in [2.75, 3.05) is 7.11 Å². The van der Waals surface area contributed by atoms with E-state index in [9.17, 15) is 13.2 Å². The number of halogens is 3. The van der Waals surface area contributed by atoms with E-state index in [1.165, 1.54) is 14.0 Å². The molecule has 1 unspecified atom stereocenters. The van der Waals surface area contributed by atoms with Gasteiger partial charge < -0.3 is 4.74 Å². The van der Waals surface area contributed by atoms with Crippen LogP contribution >= 0.6 is 0 Å². The molecular formula is C19H23F3N2O3. The van der Waals surface area contributed by atoms with Crippen LogP contribution in [0.3, 0.4) is 0 Å². The lowest BCUT2D eigenvalue weighted by molar-refractivity contribution is -0.191. The number of imidazole rings is 1. The van der Waals surface area contributed by atoms with Crippen LogP contribution in [0.25, 0.3) is 5.69 Å². The Morgan fingerprint density at radius 1 is 1.22 bits per heavy atom. The summed E-state index contributed by atoms with van der Waals surface area (Å²) in [6.07, 6.45) is -0.471. The lowest BCUT2D eigenvalue weighted by Gasteiger charge is -2.17. The highest BCUT2D eigenvalue weighted by Crippen LogP contribution is 2.31. The number of rotatable bonds is 6. The fourth-order valence-corrected chi connectivity index (χ4v) is 2.62. The standard InChI is InChI=1S/C18H23F3N2O.CO2/c1-5-14-11-23(17(6-2)22-14)15-8-7-13(10-16(15)24-4)9-12(3)18(19,20)21;2-1-3/h7-8,10-12H,5-6,9H2,1-4H3;. The van der Waals surface area contributed by atoms with Crippen LogP contribution in [0.15, 0.2) is 24.4 Å². The summed E-state index contributed by atoms with van der Waals surface area (Å²) in [7, 11) is 1.53. The van der Waals surface area contributed by atoms with Gasteiger partial charge in [-0.25, -0.2) is 4.98 Å². The van der Waals surface area contributed by atoms with Crippen LogP contribution in [-0.4, -0.2) is 29.0 Å². The summed E-state index contributed by atoms with van der Waals surface area (Å²) in [5, 5.41) is 0. The van der Waals surface area contributed by atoms with Crippen LogP contribution in [0.2, 0.25) is 0 Å². The molecule has 0 fully saturated rings. The van der Waals surface area contributed by atoms with Gasteiger partial charge in [-0.3, -0.25) is 4.57 Å². The zero-order chi connectivity index (χ0) is 20.6. The smallest absolute Gasteiger partial charge is 0.391 e. The molecule has 1 aromatic carbocycles. The molecule has 0 N–H and O–H groups in total. The maximum atomic E-state index is 12.8. The van der Waals surface area contributed by atoms with Gasteiger partial charge in [0.1, 0.15) is 11.6 Å². The monoisotopic (exact) mass is 384 g/mol. The van der Waals surface area contributed by atoms with Crippen molar-refractivity contribution < 1.29 is 27.5 Å². The number of hydrogen-bond donors (Lipinski definition) is 0. The maximum absolute atomic E-state index is 12.8. The SMILES string of the molecule is CCc1cn(-c2ccc(CC(C)C(F)(F)F)cc2OC)c(CC)n1.O=C=O. The molecule has 8 heteroatoms. The molecule has 2 aromatic rings. The zero-order valence-corrected chi connectivity index (χ0v) is 15.8. The molecule has 2 rings (SSSR count). The molecule has 148 valence electrons. The lowest BCUT2D eigenvalue weighted by Crippen LogP contribution is -2.21. The minimum atomic E-state index is -4.19. The third-order valence-electron chi connectivity index (χ3n) is 4.11. The second-order valence-electron chi connectivity index (χ2n) is 5.96. The van der Waals surface area contributed by atoms with E-state index in [1.807, 2.05) is 24.6 Å². The lowest BCUT2D eigenvalue weighted by atomic mass is 10.00. The Labute approximate surface area is 156 Å². The quantitative estimate of drug-likeness (QED) is 0.750. The first kappa shape index (κ1) is 22.4. The van der Waals surface area contributed by atoms with E-state index in [-0.39, 0.29) is 12.6 Å². The molecule has 0 aliphatic carbocycles. The van der Waals surface area contributed by atoms with Gasteiger partial charge in [0.05, 0.1) is 24.4 Å². The van der Waals surface area contributed by atoms with Gasteiger partial charge in [-0.2, -0.15) is 22.8 Å². The Hall–Kier alpha value is -2.60. The molecule has 0 bridgehead atoms. The number of hydrogen-bond acceptors (Lipinski definition) is 4. The predicted molar refractivity (Wildman–Crippen MR) is 92.8 cm³/mol. The highest BCUT2D eigenvalue weighted by atomic mass is 19.4. The summed E-state index contributed by atoms with van der Waals surface area (Å²) in [5.74, 6) is 0.0670. The first-order chi connectivity index (χ1) is 12.7. The van der Waals surface area contributed by atoms with E-state index in [0.29, 0.717) is 11.3 Å². The zero-order valence-electron chi connectivity index (χ0n) is 15.8. The minimum absolute atomic E-state index is 0.0646. The van der Waals surface area contributed by atoms with Crippen molar-refractivity contribution in [1.29, 1.82) is 0 Å².